The van der Waals surface area contributed by atoms with Gasteiger partial charge in [0.15, 0.2) is 5.11 Å². The van der Waals surface area contributed by atoms with E-state index in [1.54, 1.807) is 19.2 Å². The van der Waals surface area contributed by atoms with E-state index in [9.17, 15) is 0 Å². The Morgan fingerprint density at radius 3 is 2.80 bits per heavy atom. The minimum absolute atomic E-state index is 0.316. The predicted octanol–water partition coefficient (Wildman–Crippen LogP) is 3.89. The molecule has 1 heterocycles. The number of benzene rings is 2. The first-order valence-corrected chi connectivity index (χ1v) is 8.20. The van der Waals surface area contributed by atoms with Crippen molar-refractivity contribution in [3.05, 3.63) is 59.4 Å². The van der Waals surface area contributed by atoms with Gasteiger partial charge in [-0.05, 0) is 48.6 Å². The average Bonchev–Trinajstić information content (AvgIpc) is 3.11. The van der Waals surface area contributed by atoms with Gasteiger partial charge in [-0.1, -0.05) is 28.9 Å². The van der Waals surface area contributed by atoms with Crippen LogP contribution in [0.15, 0.2) is 53.1 Å². The number of halogens is 1. The van der Waals surface area contributed by atoms with Crippen molar-refractivity contribution in [1.29, 1.82) is 0 Å². The van der Waals surface area contributed by atoms with E-state index in [1.807, 2.05) is 36.4 Å². The standard InChI is InChI=1S/C17H15ClN4O2S/c1-23-14-4-2-3-11(9-14)16-21-15(24-22-16)10-19-17(25)20-13-7-5-12(18)6-8-13/h2-9H,10H2,1H3,(H2,19,20,25). The van der Waals surface area contributed by atoms with E-state index in [4.69, 9.17) is 33.1 Å². The molecule has 128 valence electrons. The number of hydrogen-bond donors (Lipinski definition) is 2. The molecule has 0 amide bonds. The minimum Gasteiger partial charge on any atom is -0.497 e. The van der Waals surface area contributed by atoms with Crippen LogP contribution in [0.3, 0.4) is 0 Å². The summed E-state index contributed by atoms with van der Waals surface area (Å²) in [6.45, 7) is 0.316. The number of nitrogens with one attached hydrogen (secondary N) is 2. The summed E-state index contributed by atoms with van der Waals surface area (Å²) >= 11 is 11.1. The van der Waals surface area contributed by atoms with Crippen molar-refractivity contribution in [2.45, 2.75) is 6.54 Å². The summed E-state index contributed by atoms with van der Waals surface area (Å²) < 4.78 is 10.4. The molecule has 0 bridgehead atoms. The Hall–Kier alpha value is -2.64. The van der Waals surface area contributed by atoms with Gasteiger partial charge in [-0.15, -0.1) is 0 Å². The molecule has 0 saturated heterocycles. The quantitative estimate of drug-likeness (QED) is 0.656. The molecule has 0 saturated carbocycles. The molecule has 25 heavy (non-hydrogen) atoms. The van der Waals surface area contributed by atoms with Crippen molar-refractivity contribution >= 4 is 34.6 Å². The van der Waals surface area contributed by atoms with Crippen LogP contribution >= 0.6 is 23.8 Å². The van der Waals surface area contributed by atoms with Gasteiger partial charge < -0.3 is 19.9 Å². The molecule has 8 heteroatoms. The molecule has 0 fully saturated rings. The molecule has 0 radical (unpaired) electrons. The van der Waals surface area contributed by atoms with Gasteiger partial charge >= 0.3 is 0 Å². The van der Waals surface area contributed by atoms with Crippen LogP contribution in [0.1, 0.15) is 5.89 Å². The maximum atomic E-state index is 5.85. The zero-order valence-corrected chi connectivity index (χ0v) is 14.9. The summed E-state index contributed by atoms with van der Waals surface area (Å²) in [5.41, 5.74) is 1.65. The summed E-state index contributed by atoms with van der Waals surface area (Å²) in [5, 5.41) is 11.2. The van der Waals surface area contributed by atoms with E-state index in [2.05, 4.69) is 20.8 Å². The highest BCUT2D eigenvalue weighted by atomic mass is 35.5. The topological polar surface area (TPSA) is 72.2 Å². The summed E-state index contributed by atoms with van der Waals surface area (Å²) in [6.07, 6.45) is 0. The van der Waals surface area contributed by atoms with Crippen LogP contribution < -0.4 is 15.4 Å². The highest BCUT2D eigenvalue weighted by Gasteiger charge is 2.09. The second kappa shape index (κ2) is 7.96. The molecule has 0 aliphatic rings. The van der Waals surface area contributed by atoms with Crippen molar-refractivity contribution < 1.29 is 9.26 Å². The fourth-order valence-electron chi connectivity index (χ4n) is 2.07. The van der Waals surface area contributed by atoms with Gasteiger partial charge in [0, 0.05) is 16.3 Å². The van der Waals surface area contributed by atoms with E-state index in [-0.39, 0.29) is 0 Å². The fraction of sp³-hybridized carbons (Fsp3) is 0.118. The molecular formula is C17H15ClN4O2S. The Labute approximate surface area is 155 Å². The lowest BCUT2D eigenvalue weighted by molar-refractivity contribution is 0.376. The van der Waals surface area contributed by atoms with E-state index in [0.717, 1.165) is 17.0 Å². The van der Waals surface area contributed by atoms with E-state index in [0.29, 0.717) is 28.4 Å². The van der Waals surface area contributed by atoms with Crippen LogP contribution in [0, 0.1) is 0 Å². The molecule has 3 aromatic rings. The molecular weight excluding hydrogens is 360 g/mol. The minimum atomic E-state index is 0.316. The number of methoxy groups -OCH3 is 1. The highest BCUT2D eigenvalue weighted by Crippen LogP contribution is 2.21. The molecule has 0 atom stereocenters. The second-order valence-electron chi connectivity index (χ2n) is 5.06. The maximum Gasteiger partial charge on any atom is 0.246 e. The Balaban J connectivity index is 1.57. The summed E-state index contributed by atoms with van der Waals surface area (Å²) in [7, 11) is 1.61. The van der Waals surface area contributed by atoms with Crippen molar-refractivity contribution in [2.24, 2.45) is 0 Å². The largest absolute Gasteiger partial charge is 0.497 e. The first-order chi connectivity index (χ1) is 12.1. The van der Waals surface area contributed by atoms with Crippen molar-refractivity contribution in [3.8, 4) is 17.1 Å². The van der Waals surface area contributed by atoms with Crippen molar-refractivity contribution in [3.63, 3.8) is 0 Å². The first kappa shape index (κ1) is 17.2. The molecule has 3 rings (SSSR count). The number of anilines is 1. The molecule has 1 aromatic heterocycles. The van der Waals surface area contributed by atoms with Crippen LogP contribution in [0.25, 0.3) is 11.4 Å². The third-order valence-corrected chi connectivity index (χ3v) is 3.80. The highest BCUT2D eigenvalue weighted by molar-refractivity contribution is 7.80. The van der Waals surface area contributed by atoms with E-state index < -0.39 is 0 Å². The van der Waals surface area contributed by atoms with Gasteiger partial charge in [0.05, 0.1) is 13.7 Å². The van der Waals surface area contributed by atoms with Crippen LogP contribution in [-0.2, 0) is 6.54 Å². The second-order valence-corrected chi connectivity index (χ2v) is 5.90. The maximum absolute atomic E-state index is 5.85. The third kappa shape index (κ3) is 4.68. The molecule has 0 aliphatic heterocycles. The lowest BCUT2D eigenvalue weighted by Crippen LogP contribution is -2.27. The smallest absolute Gasteiger partial charge is 0.246 e. The molecule has 2 aromatic carbocycles. The number of ether oxygens (including phenoxy) is 1. The van der Waals surface area contributed by atoms with Crippen LogP contribution in [-0.4, -0.2) is 22.4 Å². The molecule has 2 N–H and O–H groups in total. The Bertz CT molecular complexity index is 867. The number of rotatable bonds is 5. The van der Waals surface area contributed by atoms with Gasteiger partial charge in [0.1, 0.15) is 5.75 Å². The fourth-order valence-corrected chi connectivity index (χ4v) is 2.39. The number of nitrogens with zero attached hydrogens (tertiary/aromatic N) is 2. The monoisotopic (exact) mass is 374 g/mol. The Morgan fingerprint density at radius 2 is 2.04 bits per heavy atom. The predicted molar refractivity (Wildman–Crippen MR) is 101 cm³/mol. The molecule has 6 nitrogen and oxygen atoms in total. The Morgan fingerprint density at radius 1 is 1.24 bits per heavy atom. The zero-order chi connectivity index (χ0) is 17.6. The van der Waals surface area contributed by atoms with Gasteiger partial charge in [0.2, 0.25) is 11.7 Å². The SMILES string of the molecule is COc1cccc(-c2noc(CNC(=S)Nc3ccc(Cl)cc3)n2)c1. The number of thiocarbonyl (C=S) groups is 1. The van der Waals surface area contributed by atoms with Crippen molar-refractivity contribution in [2.75, 3.05) is 12.4 Å². The van der Waals surface area contributed by atoms with Gasteiger partial charge in [-0.3, -0.25) is 0 Å². The van der Waals surface area contributed by atoms with Crippen LogP contribution in [0.2, 0.25) is 5.02 Å². The normalized spacial score (nSPS) is 10.3. The molecule has 0 spiro atoms. The van der Waals surface area contributed by atoms with E-state index in [1.165, 1.54) is 0 Å². The van der Waals surface area contributed by atoms with E-state index >= 15 is 0 Å². The molecule has 0 aliphatic carbocycles. The third-order valence-electron chi connectivity index (χ3n) is 3.30. The van der Waals surface area contributed by atoms with Gasteiger partial charge in [-0.25, -0.2) is 0 Å². The van der Waals surface area contributed by atoms with Crippen LogP contribution in [0.4, 0.5) is 5.69 Å². The summed E-state index contributed by atoms with van der Waals surface area (Å²) in [5.74, 6) is 1.65. The van der Waals surface area contributed by atoms with Crippen molar-refractivity contribution in [1.82, 2.24) is 15.5 Å². The summed E-state index contributed by atoms with van der Waals surface area (Å²) in [6, 6.07) is 14.7. The van der Waals surface area contributed by atoms with Gasteiger partial charge in [-0.2, -0.15) is 4.98 Å². The zero-order valence-electron chi connectivity index (χ0n) is 13.3. The number of hydrogen-bond acceptors (Lipinski definition) is 5. The lowest BCUT2D eigenvalue weighted by Gasteiger charge is -2.08. The average molecular weight is 375 g/mol. The van der Waals surface area contributed by atoms with Crippen LogP contribution in [0.5, 0.6) is 5.75 Å². The first-order valence-electron chi connectivity index (χ1n) is 7.41. The summed E-state index contributed by atoms with van der Waals surface area (Å²) in [4.78, 5) is 4.35. The lowest BCUT2D eigenvalue weighted by atomic mass is 10.2. The molecule has 0 unspecified atom stereocenters. The Kier molecular flexibility index (Phi) is 5.47. The number of aromatic nitrogens is 2. The van der Waals surface area contributed by atoms with Gasteiger partial charge in [0.25, 0.3) is 0 Å².